The van der Waals surface area contributed by atoms with E-state index in [0.29, 0.717) is 13.2 Å². The minimum atomic E-state index is -0.445. The molecule has 0 saturated carbocycles. The lowest BCUT2D eigenvalue weighted by molar-refractivity contribution is -0.384. The summed E-state index contributed by atoms with van der Waals surface area (Å²) in [5.74, 6) is -0.132. The molecule has 25 heavy (non-hydrogen) atoms. The third-order valence-electron chi connectivity index (χ3n) is 3.47. The van der Waals surface area contributed by atoms with Crippen molar-refractivity contribution in [3.05, 3.63) is 64.2 Å². The van der Waals surface area contributed by atoms with E-state index < -0.39 is 4.92 Å². The highest BCUT2D eigenvalue weighted by Crippen LogP contribution is 2.26. The second kappa shape index (κ2) is 9.19. The number of benzene rings is 2. The van der Waals surface area contributed by atoms with E-state index in [0.717, 1.165) is 16.1 Å². The number of nitro groups is 1. The van der Waals surface area contributed by atoms with Gasteiger partial charge in [-0.2, -0.15) is 0 Å². The van der Waals surface area contributed by atoms with Crippen LogP contribution in [0.5, 0.6) is 0 Å². The number of carbonyl (C=O) groups excluding carboxylic acids is 1. The number of hydrogen-bond acceptors (Lipinski definition) is 5. The van der Waals surface area contributed by atoms with Crippen molar-refractivity contribution in [3.8, 4) is 0 Å². The van der Waals surface area contributed by atoms with Crippen LogP contribution in [0.4, 0.5) is 11.4 Å². The second-order valence-corrected chi connectivity index (χ2v) is 6.71. The molecule has 132 valence electrons. The van der Waals surface area contributed by atoms with Crippen LogP contribution in [-0.4, -0.2) is 22.7 Å². The molecule has 7 heteroatoms. The molecular weight excluding hydrogens is 340 g/mol. The number of rotatable bonds is 8. The van der Waals surface area contributed by atoms with Crippen LogP contribution in [0.25, 0.3) is 0 Å². The molecule has 6 nitrogen and oxygen atoms in total. The van der Waals surface area contributed by atoms with Crippen LogP contribution in [0.2, 0.25) is 0 Å². The lowest BCUT2D eigenvalue weighted by atomic mass is 10.2. The third kappa shape index (κ3) is 5.58. The van der Waals surface area contributed by atoms with Gasteiger partial charge in [-0.15, -0.1) is 11.8 Å². The number of non-ortho nitro benzene ring substituents is 1. The van der Waals surface area contributed by atoms with Gasteiger partial charge in [0.15, 0.2) is 0 Å². The molecule has 0 fully saturated rings. The van der Waals surface area contributed by atoms with Crippen LogP contribution in [0.1, 0.15) is 19.4 Å². The van der Waals surface area contributed by atoms with E-state index in [-0.39, 0.29) is 16.8 Å². The van der Waals surface area contributed by atoms with Crippen molar-refractivity contribution in [2.75, 3.05) is 11.9 Å². The summed E-state index contributed by atoms with van der Waals surface area (Å²) in [4.78, 5) is 23.5. The average Bonchev–Trinajstić information content (AvgIpc) is 2.61. The first-order chi connectivity index (χ1) is 12.0. The maximum absolute atomic E-state index is 12.4. The normalized spacial score (nSPS) is 11.8. The Bertz CT molecular complexity index is 734. The van der Waals surface area contributed by atoms with Gasteiger partial charge in [-0.25, -0.2) is 0 Å². The molecule has 0 aliphatic rings. The van der Waals surface area contributed by atoms with Crippen molar-refractivity contribution in [1.29, 1.82) is 0 Å². The molecule has 0 spiro atoms. The number of nitrogens with zero attached hydrogens (tertiary/aromatic N) is 1. The number of carbonyl (C=O) groups is 1. The van der Waals surface area contributed by atoms with E-state index in [4.69, 9.17) is 4.74 Å². The van der Waals surface area contributed by atoms with Crippen LogP contribution in [0.15, 0.2) is 53.4 Å². The number of nitro benzene ring substituents is 1. The molecule has 0 saturated heterocycles. The number of anilines is 1. The monoisotopic (exact) mass is 360 g/mol. The quantitative estimate of drug-likeness (QED) is 0.432. The minimum Gasteiger partial charge on any atom is -0.377 e. The van der Waals surface area contributed by atoms with Gasteiger partial charge in [0.05, 0.1) is 16.8 Å². The van der Waals surface area contributed by atoms with E-state index in [1.807, 2.05) is 31.2 Å². The zero-order valence-electron chi connectivity index (χ0n) is 14.1. The van der Waals surface area contributed by atoms with Gasteiger partial charge in [0.2, 0.25) is 5.91 Å². The molecule has 0 radical (unpaired) electrons. The molecule has 0 aromatic heterocycles. The Morgan fingerprint density at radius 2 is 1.92 bits per heavy atom. The number of para-hydroxylation sites is 1. The molecular formula is C18H20N2O4S. The number of hydrogen-bond donors (Lipinski definition) is 1. The number of thioether (sulfide) groups is 1. The van der Waals surface area contributed by atoms with Gasteiger partial charge in [0.25, 0.3) is 5.69 Å². The predicted molar refractivity (Wildman–Crippen MR) is 98.8 cm³/mol. The highest BCUT2D eigenvalue weighted by atomic mass is 32.2. The first-order valence-electron chi connectivity index (χ1n) is 7.89. The molecule has 1 amide bonds. The number of ether oxygens (including phenoxy) is 1. The summed E-state index contributed by atoms with van der Waals surface area (Å²) in [6, 6.07) is 13.7. The fourth-order valence-electron chi connectivity index (χ4n) is 2.12. The summed E-state index contributed by atoms with van der Waals surface area (Å²) in [6.45, 7) is 4.77. The Kier molecular flexibility index (Phi) is 6.97. The van der Waals surface area contributed by atoms with Gasteiger partial charge in [0.1, 0.15) is 0 Å². The van der Waals surface area contributed by atoms with Gasteiger partial charge in [-0.3, -0.25) is 14.9 Å². The largest absolute Gasteiger partial charge is 0.377 e. The molecule has 1 atom stereocenters. The van der Waals surface area contributed by atoms with Crippen molar-refractivity contribution in [3.63, 3.8) is 0 Å². The Hall–Kier alpha value is -2.38. The zero-order valence-corrected chi connectivity index (χ0v) is 14.9. The first-order valence-corrected chi connectivity index (χ1v) is 8.77. The summed E-state index contributed by atoms with van der Waals surface area (Å²) < 4.78 is 5.42. The molecule has 2 rings (SSSR count). The SMILES string of the molecule is CCOCc1ccccc1NC(=O)C(C)Sc1ccc([N+](=O)[O-])cc1. The summed E-state index contributed by atoms with van der Waals surface area (Å²) >= 11 is 1.35. The van der Waals surface area contributed by atoms with E-state index in [2.05, 4.69) is 5.32 Å². The molecule has 2 aromatic carbocycles. The van der Waals surface area contributed by atoms with Crippen LogP contribution < -0.4 is 5.32 Å². The molecule has 2 aromatic rings. The van der Waals surface area contributed by atoms with Crippen molar-refractivity contribution in [2.45, 2.75) is 30.6 Å². The molecule has 0 aliphatic heterocycles. The molecule has 1 unspecified atom stereocenters. The zero-order chi connectivity index (χ0) is 18.2. The third-order valence-corrected chi connectivity index (χ3v) is 4.58. The van der Waals surface area contributed by atoms with Crippen LogP contribution in [0, 0.1) is 10.1 Å². The molecule has 1 N–H and O–H groups in total. The Balaban J connectivity index is 1.99. The molecule has 0 bridgehead atoms. The average molecular weight is 360 g/mol. The standard InChI is InChI=1S/C18H20N2O4S/c1-3-24-12-14-6-4-5-7-17(14)19-18(21)13(2)25-16-10-8-15(9-11-16)20(22)23/h4-11,13H,3,12H2,1-2H3,(H,19,21). The summed E-state index contributed by atoms with van der Waals surface area (Å²) in [6.07, 6.45) is 0. The van der Waals surface area contributed by atoms with E-state index >= 15 is 0 Å². The lowest BCUT2D eigenvalue weighted by Gasteiger charge is -2.15. The summed E-state index contributed by atoms with van der Waals surface area (Å²) in [5, 5.41) is 13.3. The smallest absolute Gasteiger partial charge is 0.269 e. The van der Waals surface area contributed by atoms with Crippen molar-refractivity contribution >= 4 is 29.0 Å². The van der Waals surface area contributed by atoms with Crippen molar-refractivity contribution in [2.24, 2.45) is 0 Å². The van der Waals surface area contributed by atoms with Gasteiger partial charge < -0.3 is 10.1 Å². The highest BCUT2D eigenvalue weighted by Gasteiger charge is 2.16. The second-order valence-electron chi connectivity index (χ2n) is 5.29. The summed E-state index contributed by atoms with van der Waals surface area (Å²) in [5.41, 5.74) is 1.69. The molecule has 0 heterocycles. The molecule has 0 aliphatic carbocycles. The lowest BCUT2D eigenvalue weighted by Crippen LogP contribution is -2.23. The van der Waals surface area contributed by atoms with Crippen LogP contribution in [-0.2, 0) is 16.1 Å². The Labute approximate surface area is 150 Å². The van der Waals surface area contributed by atoms with Crippen molar-refractivity contribution < 1.29 is 14.5 Å². The van der Waals surface area contributed by atoms with Gasteiger partial charge in [-0.1, -0.05) is 18.2 Å². The van der Waals surface area contributed by atoms with Crippen molar-refractivity contribution in [1.82, 2.24) is 0 Å². The van der Waals surface area contributed by atoms with E-state index in [1.165, 1.54) is 23.9 Å². The first kappa shape index (κ1) is 19.0. The van der Waals surface area contributed by atoms with Gasteiger partial charge >= 0.3 is 0 Å². The Morgan fingerprint density at radius 3 is 2.56 bits per heavy atom. The maximum atomic E-state index is 12.4. The summed E-state index contributed by atoms with van der Waals surface area (Å²) in [7, 11) is 0. The topological polar surface area (TPSA) is 81.5 Å². The number of nitrogens with one attached hydrogen (secondary N) is 1. The Morgan fingerprint density at radius 1 is 1.24 bits per heavy atom. The van der Waals surface area contributed by atoms with Crippen LogP contribution >= 0.6 is 11.8 Å². The maximum Gasteiger partial charge on any atom is 0.269 e. The fourth-order valence-corrected chi connectivity index (χ4v) is 2.99. The highest BCUT2D eigenvalue weighted by molar-refractivity contribution is 8.00. The minimum absolute atomic E-state index is 0.0336. The van der Waals surface area contributed by atoms with Crippen LogP contribution in [0.3, 0.4) is 0 Å². The van der Waals surface area contributed by atoms with Gasteiger partial charge in [0, 0.05) is 34.9 Å². The van der Waals surface area contributed by atoms with Gasteiger partial charge in [-0.05, 0) is 32.0 Å². The number of amides is 1. The van der Waals surface area contributed by atoms with E-state index in [1.54, 1.807) is 19.1 Å². The fraction of sp³-hybridized carbons (Fsp3) is 0.278. The predicted octanol–water partition coefficient (Wildman–Crippen LogP) is 4.25. The van der Waals surface area contributed by atoms with E-state index in [9.17, 15) is 14.9 Å².